The van der Waals surface area contributed by atoms with Crippen LogP contribution in [0, 0.1) is 6.57 Å². The number of piperazine rings is 1. The second kappa shape index (κ2) is 7.47. The van der Waals surface area contributed by atoms with Gasteiger partial charge in [-0.1, -0.05) is 29.5 Å². The van der Waals surface area contributed by atoms with Crippen molar-refractivity contribution in [3.8, 4) is 0 Å². The van der Waals surface area contributed by atoms with E-state index in [-0.39, 0.29) is 11.9 Å². The third-order valence-corrected chi connectivity index (χ3v) is 6.75. The molecule has 0 radical (unpaired) electrons. The van der Waals surface area contributed by atoms with Crippen molar-refractivity contribution >= 4 is 38.3 Å². The quantitative estimate of drug-likeness (QED) is 0.655. The van der Waals surface area contributed by atoms with E-state index in [4.69, 9.17) is 11.6 Å². The SMILES string of the molecule is [C-]#[N+]c1ccc2c(c1)[C@@H](NC(=O)c1ccc3nc(N4CCNCC4)sc3c1)CC2. The Morgan fingerprint density at radius 1 is 1.24 bits per heavy atom. The van der Waals surface area contributed by atoms with Crippen LogP contribution in [0.1, 0.15) is 33.9 Å². The number of aryl methyl sites for hydroxylation is 1. The summed E-state index contributed by atoms with van der Waals surface area (Å²) in [4.78, 5) is 23.5. The first-order valence-electron chi connectivity index (χ1n) is 9.89. The Morgan fingerprint density at radius 2 is 2.10 bits per heavy atom. The molecule has 0 bridgehead atoms. The van der Waals surface area contributed by atoms with Gasteiger partial charge in [0.25, 0.3) is 5.91 Å². The molecule has 29 heavy (non-hydrogen) atoms. The molecular formula is C22H21N5OS. The van der Waals surface area contributed by atoms with E-state index in [0.29, 0.717) is 11.3 Å². The molecule has 1 aliphatic heterocycles. The average Bonchev–Trinajstić information content (AvgIpc) is 3.37. The molecule has 6 nitrogen and oxygen atoms in total. The fourth-order valence-electron chi connectivity index (χ4n) is 4.10. The summed E-state index contributed by atoms with van der Waals surface area (Å²) in [5, 5.41) is 7.54. The lowest BCUT2D eigenvalue weighted by Crippen LogP contribution is -2.43. The van der Waals surface area contributed by atoms with Gasteiger partial charge in [-0.05, 0) is 42.2 Å². The van der Waals surface area contributed by atoms with E-state index in [9.17, 15) is 4.79 Å². The maximum atomic E-state index is 12.9. The highest BCUT2D eigenvalue weighted by atomic mass is 32.1. The Bertz CT molecular complexity index is 1130. The Kier molecular flexibility index (Phi) is 4.66. The second-order valence-electron chi connectivity index (χ2n) is 7.48. The summed E-state index contributed by atoms with van der Waals surface area (Å²) in [5.41, 5.74) is 4.51. The zero-order valence-corrected chi connectivity index (χ0v) is 16.8. The first-order valence-corrected chi connectivity index (χ1v) is 10.7. The molecule has 1 amide bonds. The largest absolute Gasteiger partial charge is 0.346 e. The molecule has 0 saturated carbocycles. The zero-order valence-electron chi connectivity index (χ0n) is 15.9. The lowest BCUT2D eigenvalue weighted by molar-refractivity contribution is 0.0937. The number of aromatic nitrogens is 1. The van der Waals surface area contributed by atoms with E-state index >= 15 is 0 Å². The Balaban J connectivity index is 1.36. The highest BCUT2D eigenvalue weighted by Gasteiger charge is 2.25. The molecule has 5 rings (SSSR count). The van der Waals surface area contributed by atoms with Crippen molar-refractivity contribution in [1.82, 2.24) is 15.6 Å². The predicted molar refractivity (Wildman–Crippen MR) is 116 cm³/mol. The van der Waals surface area contributed by atoms with Gasteiger partial charge in [-0.15, -0.1) is 0 Å². The van der Waals surface area contributed by atoms with Gasteiger partial charge in [0.05, 0.1) is 22.8 Å². The number of carbonyl (C=O) groups is 1. The number of benzene rings is 2. The fourth-order valence-corrected chi connectivity index (χ4v) is 5.15. The molecule has 1 atom stereocenters. The summed E-state index contributed by atoms with van der Waals surface area (Å²) >= 11 is 1.65. The summed E-state index contributed by atoms with van der Waals surface area (Å²) in [7, 11) is 0. The van der Waals surface area contributed by atoms with E-state index in [1.54, 1.807) is 11.3 Å². The molecule has 0 spiro atoms. The molecule has 2 aliphatic rings. The standard InChI is InChI=1S/C22H21N5OS/c1-23-16-5-2-14-3-6-18(17(14)13-16)25-21(28)15-4-7-19-20(12-15)29-22(26-19)27-10-8-24-9-11-27/h2,4-5,7,12-13,18,24H,3,6,8-11H2,(H,25,28)/t18-/m0/s1. The van der Waals surface area contributed by atoms with Crippen molar-refractivity contribution in [3.63, 3.8) is 0 Å². The summed E-state index contributed by atoms with van der Waals surface area (Å²) in [6, 6.07) is 11.5. The van der Waals surface area contributed by atoms with Crippen molar-refractivity contribution in [2.24, 2.45) is 0 Å². The number of carbonyl (C=O) groups excluding carboxylic acids is 1. The lowest BCUT2D eigenvalue weighted by atomic mass is 10.1. The van der Waals surface area contributed by atoms with E-state index in [1.165, 1.54) is 5.56 Å². The van der Waals surface area contributed by atoms with Gasteiger partial charge < -0.3 is 15.5 Å². The minimum absolute atomic E-state index is 0.0345. The molecule has 2 N–H and O–H groups in total. The van der Waals surface area contributed by atoms with Crippen molar-refractivity contribution < 1.29 is 4.79 Å². The number of nitrogens with one attached hydrogen (secondary N) is 2. The molecule has 146 valence electrons. The Morgan fingerprint density at radius 3 is 2.93 bits per heavy atom. The lowest BCUT2D eigenvalue weighted by Gasteiger charge is -2.26. The molecule has 1 saturated heterocycles. The van der Waals surface area contributed by atoms with Gasteiger partial charge >= 0.3 is 0 Å². The topological polar surface area (TPSA) is 61.6 Å². The highest BCUT2D eigenvalue weighted by Crippen LogP contribution is 2.34. The van der Waals surface area contributed by atoms with Gasteiger partial charge in [0.2, 0.25) is 0 Å². The van der Waals surface area contributed by atoms with E-state index in [2.05, 4.69) is 20.4 Å². The normalized spacial score (nSPS) is 18.4. The van der Waals surface area contributed by atoms with Crippen LogP contribution in [0.5, 0.6) is 0 Å². The number of anilines is 1. The fraction of sp³-hybridized carbons (Fsp3) is 0.318. The second-order valence-corrected chi connectivity index (χ2v) is 8.48. The van der Waals surface area contributed by atoms with Crippen LogP contribution in [0.2, 0.25) is 0 Å². The minimum atomic E-state index is -0.0740. The van der Waals surface area contributed by atoms with Crippen LogP contribution < -0.4 is 15.5 Å². The van der Waals surface area contributed by atoms with E-state index in [1.807, 2.05) is 36.4 Å². The summed E-state index contributed by atoms with van der Waals surface area (Å²) in [6.07, 6.45) is 1.80. The van der Waals surface area contributed by atoms with Gasteiger partial charge in [0.1, 0.15) is 0 Å². The predicted octanol–water partition coefficient (Wildman–Crippen LogP) is 3.67. The van der Waals surface area contributed by atoms with E-state index in [0.717, 1.165) is 59.9 Å². The van der Waals surface area contributed by atoms with Gasteiger partial charge in [0.15, 0.2) is 10.8 Å². The summed E-state index contributed by atoms with van der Waals surface area (Å²) in [5.74, 6) is -0.0740. The van der Waals surface area contributed by atoms with Crippen molar-refractivity contribution in [3.05, 3.63) is 64.5 Å². The maximum Gasteiger partial charge on any atom is 0.251 e. The van der Waals surface area contributed by atoms with Crippen LogP contribution >= 0.6 is 11.3 Å². The van der Waals surface area contributed by atoms with E-state index < -0.39 is 0 Å². The maximum absolute atomic E-state index is 12.9. The molecule has 1 aromatic heterocycles. The minimum Gasteiger partial charge on any atom is -0.346 e. The van der Waals surface area contributed by atoms with Gasteiger partial charge in [-0.25, -0.2) is 9.83 Å². The molecule has 3 aromatic rings. The first-order chi connectivity index (χ1) is 14.2. The number of fused-ring (bicyclic) bond motifs is 2. The molecule has 7 heteroatoms. The van der Waals surface area contributed by atoms with Crippen LogP contribution in [0.3, 0.4) is 0 Å². The van der Waals surface area contributed by atoms with Crippen molar-refractivity contribution in [2.45, 2.75) is 18.9 Å². The van der Waals surface area contributed by atoms with Gasteiger partial charge in [-0.3, -0.25) is 4.79 Å². The van der Waals surface area contributed by atoms with Gasteiger partial charge in [-0.2, -0.15) is 0 Å². The molecule has 1 aliphatic carbocycles. The van der Waals surface area contributed by atoms with Crippen molar-refractivity contribution in [1.29, 1.82) is 0 Å². The molecule has 2 aromatic carbocycles. The smallest absolute Gasteiger partial charge is 0.251 e. The molecular weight excluding hydrogens is 382 g/mol. The van der Waals surface area contributed by atoms with Crippen LogP contribution in [-0.4, -0.2) is 37.1 Å². The Labute approximate surface area is 173 Å². The summed E-state index contributed by atoms with van der Waals surface area (Å²) < 4.78 is 1.04. The average molecular weight is 404 g/mol. The number of rotatable bonds is 3. The highest BCUT2D eigenvalue weighted by molar-refractivity contribution is 7.22. The third-order valence-electron chi connectivity index (χ3n) is 5.67. The molecule has 1 fully saturated rings. The van der Waals surface area contributed by atoms with Crippen LogP contribution in [0.4, 0.5) is 10.8 Å². The number of thiazole rings is 1. The number of hydrogen-bond donors (Lipinski definition) is 2. The van der Waals surface area contributed by atoms with Crippen molar-refractivity contribution in [2.75, 3.05) is 31.1 Å². The number of nitrogens with zero attached hydrogens (tertiary/aromatic N) is 3. The Hall–Kier alpha value is -2.95. The molecule has 2 heterocycles. The zero-order chi connectivity index (χ0) is 19.8. The monoisotopic (exact) mass is 403 g/mol. The van der Waals surface area contributed by atoms with Crippen LogP contribution in [-0.2, 0) is 6.42 Å². The summed E-state index contributed by atoms with van der Waals surface area (Å²) in [6.45, 7) is 11.1. The number of hydrogen-bond acceptors (Lipinski definition) is 5. The van der Waals surface area contributed by atoms with Crippen LogP contribution in [0.25, 0.3) is 15.1 Å². The third kappa shape index (κ3) is 3.46. The first kappa shape index (κ1) is 18.1. The van der Waals surface area contributed by atoms with Gasteiger partial charge in [0, 0.05) is 31.7 Å². The molecule has 0 unspecified atom stereocenters. The number of amides is 1. The van der Waals surface area contributed by atoms with Crippen LogP contribution in [0.15, 0.2) is 36.4 Å².